The average Bonchev–Trinajstić information content (AvgIpc) is 2.62. The summed E-state index contributed by atoms with van der Waals surface area (Å²) in [6.07, 6.45) is 0. The molecule has 0 amide bonds. The third-order valence-corrected chi connectivity index (χ3v) is 7.46. The summed E-state index contributed by atoms with van der Waals surface area (Å²) in [4.78, 5) is -0.00363. The van der Waals surface area contributed by atoms with E-state index < -0.39 is 25.9 Å². The van der Waals surface area contributed by atoms with Crippen LogP contribution in [0.25, 0.3) is 0 Å². The minimum atomic E-state index is -4.05. The van der Waals surface area contributed by atoms with E-state index in [2.05, 4.69) is 9.44 Å². The van der Waals surface area contributed by atoms with Gasteiger partial charge in [0.2, 0.25) is 0 Å². The SMILES string of the molecule is Cc1cc(C)c(S(=O)(=O)Nc2ccccc2NS(=O)(=O)c2ccc(F)cc2)c(C)c1. The highest BCUT2D eigenvalue weighted by Gasteiger charge is 2.22. The molecule has 0 saturated heterocycles. The smallest absolute Gasteiger partial charge is 0.262 e. The number of nitrogens with one attached hydrogen (secondary N) is 2. The summed E-state index contributed by atoms with van der Waals surface area (Å²) >= 11 is 0. The van der Waals surface area contributed by atoms with E-state index in [1.807, 2.05) is 6.92 Å². The molecular weight excluding hydrogens is 427 g/mol. The topological polar surface area (TPSA) is 92.3 Å². The molecule has 0 radical (unpaired) electrons. The molecule has 6 nitrogen and oxygen atoms in total. The molecule has 0 spiro atoms. The van der Waals surface area contributed by atoms with Crippen molar-refractivity contribution in [3.05, 3.63) is 83.2 Å². The number of para-hydroxylation sites is 2. The largest absolute Gasteiger partial charge is 0.277 e. The Hall–Kier alpha value is -2.91. The number of anilines is 2. The lowest BCUT2D eigenvalue weighted by atomic mass is 10.1. The number of hydrogen-bond acceptors (Lipinski definition) is 4. The van der Waals surface area contributed by atoms with E-state index in [-0.39, 0.29) is 21.2 Å². The van der Waals surface area contributed by atoms with Crippen LogP contribution in [-0.2, 0) is 20.0 Å². The van der Waals surface area contributed by atoms with Crippen LogP contribution in [0.3, 0.4) is 0 Å². The highest BCUT2D eigenvalue weighted by Crippen LogP contribution is 2.29. The second kappa shape index (κ2) is 8.08. The molecule has 0 aliphatic heterocycles. The first-order valence-electron chi connectivity index (χ1n) is 8.98. The van der Waals surface area contributed by atoms with Crippen LogP contribution in [0.4, 0.5) is 15.8 Å². The Kier molecular flexibility index (Phi) is 5.87. The predicted molar refractivity (Wildman–Crippen MR) is 115 cm³/mol. The highest BCUT2D eigenvalue weighted by molar-refractivity contribution is 7.93. The van der Waals surface area contributed by atoms with Gasteiger partial charge in [0.15, 0.2) is 0 Å². The fraction of sp³-hybridized carbons (Fsp3) is 0.143. The Bertz CT molecular complexity index is 1280. The lowest BCUT2D eigenvalue weighted by Gasteiger charge is -2.17. The number of benzene rings is 3. The zero-order chi connectivity index (χ0) is 22.1. The van der Waals surface area contributed by atoms with Crippen LogP contribution >= 0.6 is 0 Å². The molecule has 0 heterocycles. The van der Waals surface area contributed by atoms with E-state index >= 15 is 0 Å². The lowest BCUT2D eigenvalue weighted by Crippen LogP contribution is -2.19. The minimum Gasteiger partial charge on any atom is -0.277 e. The second-order valence-electron chi connectivity index (χ2n) is 6.94. The quantitative estimate of drug-likeness (QED) is 0.586. The summed E-state index contributed by atoms with van der Waals surface area (Å²) in [7, 11) is -8.02. The van der Waals surface area contributed by atoms with Crippen LogP contribution in [0.1, 0.15) is 16.7 Å². The van der Waals surface area contributed by atoms with Crippen molar-refractivity contribution in [2.24, 2.45) is 0 Å². The Morgan fingerprint density at radius 1 is 0.700 bits per heavy atom. The highest BCUT2D eigenvalue weighted by atomic mass is 32.2. The van der Waals surface area contributed by atoms with Gasteiger partial charge in [-0.3, -0.25) is 9.44 Å². The van der Waals surface area contributed by atoms with Gasteiger partial charge in [-0.05, 0) is 68.3 Å². The van der Waals surface area contributed by atoms with Crippen LogP contribution in [0, 0.1) is 26.6 Å². The van der Waals surface area contributed by atoms with Crippen molar-refractivity contribution in [1.82, 2.24) is 0 Å². The van der Waals surface area contributed by atoms with Gasteiger partial charge in [-0.15, -0.1) is 0 Å². The van der Waals surface area contributed by atoms with Crippen LogP contribution in [0.2, 0.25) is 0 Å². The fourth-order valence-corrected chi connectivity index (χ4v) is 5.88. The third-order valence-electron chi connectivity index (χ3n) is 4.41. The first-order valence-corrected chi connectivity index (χ1v) is 11.9. The van der Waals surface area contributed by atoms with E-state index in [0.29, 0.717) is 11.1 Å². The van der Waals surface area contributed by atoms with Crippen LogP contribution < -0.4 is 9.44 Å². The van der Waals surface area contributed by atoms with Crippen LogP contribution in [-0.4, -0.2) is 16.8 Å². The van der Waals surface area contributed by atoms with Crippen LogP contribution in [0.5, 0.6) is 0 Å². The molecule has 0 aromatic heterocycles. The Balaban J connectivity index is 1.97. The zero-order valence-corrected chi connectivity index (χ0v) is 18.2. The van der Waals surface area contributed by atoms with Crippen LogP contribution in [0.15, 0.2) is 70.5 Å². The summed E-state index contributed by atoms with van der Waals surface area (Å²) in [5.41, 5.74) is 2.24. The molecule has 0 unspecified atom stereocenters. The summed E-state index contributed by atoms with van der Waals surface area (Å²) < 4.78 is 69.3. The fourth-order valence-electron chi connectivity index (χ4n) is 3.26. The van der Waals surface area contributed by atoms with Crippen molar-refractivity contribution in [3.63, 3.8) is 0 Å². The van der Waals surface area contributed by atoms with Crippen molar-refractivity contribution >= 4 is 31.4 Å². The molecule has 0 atom stereocenters. The number of aryl methyl sites for hydroxylation is 3. The van der Waals surface area contributed by atoms with Crippen molar-refractivity contribution in [2.75, 3.05) is 9.44 Å². The molecule has 158 valence electrons. The first kappa shape index (κ1) is 21.8. The molecule has 3 aromatic rings. The molecule has 0 bridgehead atoms. The molecule has 2 N–H and O–H groups in total. The van der Waals surface area contributed by atoms with E-state index in [4.69, 9.17) is 0 Å². The Morgan fingerprint density at radius 2 is 1.17 bits per heavy atom. The number of hydrogen-bond donors (Lipinski definition) is 2. The zero-order valence-electron chi connectivity index (χ0n) is 16.6. The molecule has 0 aliphatic carbocycles. The van der Waals surface area contributed by atoms with E-state index in [1.54, 1.807) is 38.1 Å². The summed E-state index contributed by atoms with van der Waals surface area (Å²) in [5.74, 6) is -0.564. The normalized spacial score (nSPS) is 11.9. The number of halogens is 1. The molecule has 30 heavy (non-hydrogen) atoms. The maximum Gasteiger partial charge on any atom is 0.262 e. The van der Waals surface area contributed by atoms with E-state index in [1.165, 1.54) is 12.1 Å². The lowest BCUT2D eigenvalue weighted by molar-refractivity contribution is 0.597. The van der Waals surface area contributed by atoms with Crippen molar-refractivity contribution in [2.45, 2.75) is 30.6 Å². The van der Waals surface area contributed by atoms with Gasteiger partial charge in [0.25, 0.3) is 20.0 Å². The first-order chi connectivity index (χ1) is 14.0. The molecular formula is C21H21FN2O4S2. The van der Waals surface area contributed by atoms with Gasteiger partial charge in [-0.25, -0.2) is 21.2 Å². The van der Waals surface area contributed by atoms with Gasteiger partial charge in [0.05, 0.1) is 21.2 Å². The summed E-state index contributed by atoms with van der Waals surface area (Å²) in [6.45, 7) is 5.29. The maximum absolute atomic E-state index is 13.1. The maximum atomic E-state index is 13.1. The van der Waals surface area contributed by atoms with Gasteiger partial charge in [0, 0.05) is 0 Å². The third kappa shape index (κ3) is 4.63. The van der Waals surface area contributed by atoms with E-state index in [9.17, 15) is 21.2 Å². The van der Waals surface area contributed by atoms with E-state index in [0.717, 1.165) is 29.8 Å². The van der Waals surface area contributed by atoms with Crippen molar-refractivity contribution < 1.29 is 21.2 Å². The molecule has 3 aromatic carbocycles. The monoisotopic (exact) mass is 448 g/mol. The molecule has 0 saturated carbocycles. The van der Waals surface area contributed by atoms with Gasteiger partial charge in [-0.2, -0.15) is 0 Å². The minimum absolute atomic E-state index is 0.0489. The standard InChI is InChI=1S/C21H21FN2O4S2/c1-14-12-15(2)21(16(3)13-14)30(27,28)24-20-7-5-4-6-19(20)23-29(25,26)18-10-8-17(22)9-11-18/h4-13,23-24H,1-3H3. The average molecular weight is 449 g/mol. The second-order valence-corrected chi connectivity index (χ2v) is 10.2. The molecule has 9 heteroatoms. The predicted octanol–water partition coefficient (Wildman–Crippen LogP) is 4.35. The summed E-state index contributed by atoms with van der Waals surface area (Å²) in [5, 5.41) is 0. The van der Waals surface area contributed by atoms with Gasteiger partial charge in [-0.1, -0.05) is 29.8 Å². The Morgan fingerprint density at radius 3 is 1.67 bits per heavy atom. The molecule has 0 fully saturated rings. The number of sulfonamides is 2. The van der Waals surface area contributed by atoms with Crippen molar-refractivity contribution in [1.29, 1.82) is 0 Å². The van der Waals surface area contributed by atoms with Crippen molar-refractivity contribution in [3.8, 4) is 0 Å². The van der Waals surface area contributed by atoms with Gasteiger partial charge in [0.1, 0.15) is 5.82 Å². The molecule has 3 rings (SSSR count). The Labute approximate surface area is 175 Å². The molecule has 0 aliphatic rings. The van der Waals surface area contributed by atoms with Gasteiger partial charge < -0.3 is 0 Å². The van der Waals surface area contributed by atoms with Gasteiger partial charge >= 0.3 is 0 Å². The number of rotatable bonds is 6. The summed E-state index contributed by atoms with van der Waals surface area (Å²) in [6, 6.07) is 13.9.